The summed E-state index contributed by atoms with van der Waals surface area (Å²) in [5.74, 6) is 0. The van der Waals surface area contributed by atoms with Crippen molar-refractivity contribution in [1.82, 2.24) is 4.90 Å². The highest BCUT2D eigenvalue weighted by Gasteiger charge is 2.20. The zero-order valence-corrected chi connectivity index (χ0v) is 19.2. The molecule has 4 rings (SSSR count). The number of hydrogen-bond donors (Lipinski definition) is 1. The first kappa shape index (κ1) is 21.9. The van der Waals surface area contributed by atoms with Crippen molar-refractivity contribution in [1.29, 1.82) is 0 Å². The Balaban J connectivity index is 1.60. The number of nitrogens with zero attached hydrogens (tertiary/aromatic N) is 2. The van der Waals surface area contributed by atoms with Gasteiger partial charge < -0.3 is 9.64 Å². The third kappa shape index (κ3) is 4.80. The van der Waals surface area contributed by atoms with Crippen molar-refractivity contribution in [2.45, 2.75) is 11.4 Å². The fourth-order valence-electron chi connectivity index (χ4n) is 3.84. The van der Waals surface area contributed by atoms with Crippen LogP contribution < -0.4 is 9.62 Å². The maximum atomic E-state index is 13.2. The van der Waals surface area contributed by atoms with E-state index in [0.29, 0.717) is 22.6 Å². The number of nitrogens with one attached hydrogen (secondary N) is 1. The van der Waals surface area contributed by atoms with E-state index in [1.165, 1.54) is 0 Å². The molecule has 0 aliphatic carbocycles. The maximum Gasteiger partial charge on any atom is 0.262 e. The van der Waals surface area contributed by atoms with Gasteiger partial charge in [-0.05, 0) is 29.8 Å². The predicted octanol–water partition coefficient (Wildman–Crippen LogP) is 4.19. The second-order valence-electron chi connectivity index (χ2n) is 7.82. The van der Waals surface area contributed by atoms with Gasteiger partial charge in [-0.1, -0.05) is 41.9 Å². The van der Waals surface area contributed by atoms with Gasteiger partial charge >= 0.3 is 0 Å². The lowest BCUT2D eigenvalue weighted by Crippen LogP contribution is -2.35. The Bertz CT molecular complexity index is 1190. The minimum Gasteiger partial charge on any atom is -0.379 e. The van der Waals surface area contributed by atoms with Gasteiger partial charge in [-0.25, -0.2) is 8.42 Å². The first-order chi connectivity index (χ1) is 14.8. The Morgan fingerprint density at radius 3 is 2.45 bits per heavy atom. The highest BCUT2D eigenvalue weighted by molar-refractivity contribution is 7.93. The lowest BCUT2D eigenvalue weighted by atomic mass is 10.1. The number of halogens is 1. The number of rotatable bonds is 6. The van der Waals surface area contributed by atoms with Crippen LogP contribution in [0.1, 0.15) is 5.56 Å². The molecule has 1 heterocycles. The first-order valence-corrected chi connectivity index (χ1v) is 12.0. The number of ether oxygens (including phenoxy) is 1. The van der Waals surface area contributed by atoms with Crippen molar-refractivity contribution in [3.8, 4) is 0 Å². The fraction of sp³-hybridized carbons (Fsp3) is 0.304. The molecule has 1 N–H and O–H groups in total. The van der Waals surface area contributed by atoms with E-state index in [-0.39, 0.29) is 4.90 Å². The van der Waals surface area contributed by atoms with Gasteiger partial charge in [0.1, 0.15) is 0 Å². The zero-order valence-electron chi connectivity index (χ0n) is 17.6. The van der Waals surface area contributed by atoms with Gasteiger partial charge in [-0.3, -0.25) is 9.62 Å². The molecule has 0 aromatic heterocycles. The molecule has 1 aliphatic rings. The van der Waals surface area contributed by atoms with Crippen LogP contribution in [0.5, 0.6) is 0 Å². The highest BCUT2D eigenvalue weighted by Crippen LogP contribution is 2.31. The van der Waals surface area contributed by atoms with Gasteiger partial charge in [-0.2, -0.15) is 0 Å². The van der Waals surface area contributed by atoms with E-state index in [4.69, 9.17) is 16.3 Å². The summed E-state index contributed by atoms with van der Waals surface area (Å²) in [5.41, 5.74) is 2.37. The lowest BCUT2D eigenvalue weighted by molar-refractivity contribution is 0.0342. The molecule has 3 aromatic rings. The van der Waals surface area contributed by atoms with Gasteiger partial charge in [0.2, 0.25) is 0 Å². The van der Waals surface area contributed by atoms with Gasteiger partial charge in [0, 0.05) is 55.2 Å². The molecule has 0 radical (unpaired) electrons. The van der Waals surface area contributed by atoms with Crippen molar-refractivity contribution in [2.75, 3.05) is 50.0 Å². The maximum absolute atomic E-state index is 13.2. The van der Waals surface area contributed by atoms with E-state index in [1.54, 1.807) is 24.3 Å². The third-order valence-corrected chi connectivity index (χ3v) is 7.22. The van der Waals surface area contributed by atoms with Crippen LogP contribution in [-0.4, -0.2) is 53.7 Å². The van der Waals surface area contributed by atoms with E-state index in [9.17, 15) is 8.42 Å². The lowest BCUT2D eigenvalue weighted by Gasteiger charge is -2.27. The van der Waals surface area contributed by atoms with Crippen LogP contribution >= 0.6 is 11.6 Å². The number of morpholine rings is 1. The second kappa shape index (κ2) is 9.04. The van der Waals surface area contributed by atoms with Crippen molar-refractivity contribution >= 4 is 43.8 Å². The summed E-state index contributed by atoms with van der Waals surface area (Å²) in [4.78, 5) is 4.48. The molecular weight excluding hydrogens is 434 g/mol. The quantitative estimate of drug-likeness (QED) is 0.598. The molecule has 0 spiro atoms. The van der Waals surface area contributed by atoms with Crippen molar-refractivity contribution in [2.24, 2.45) is 0 Å². The van der Waals surface area contributed by atoms with Gasteiger partial charge in [0.05, 0.1) is 23.8 Å². The number of sulfonamides is 1. The molecule has 0 bridgehead atoms. The monoisotopic (exact) mass is 459 g/mol. The average Bonchev–Trinajstić information content (AvgIpc) is 2.75. The molecule has 0 saturated carbocycles. The summed E-state index contributed by atoms with van der Waals surface area (Å²) in [6.45, 7) is 3.87. The summed E-state index contributed by atoms with van der Waals surface area (Å²) in [6.07, 6.45) is 0. The Kier molecular flexibility index (Phi) is 6.39. The zero-order chi connectivity index (χ0) is 22.0. The second-order valence-corrected chi connectivity index (χ2v) is 9.88. The van der Waals surface area contributed by atoms with Crippen LogP contribution in [0.2, 0.25) is 5.02 Å². The first-order valence-electron chi connectivity index (χ1n) is 10.2. The van der Waals surface area contributed by atoms with Crippen molar-refractivity contribution in [3.63, 3.8) is 0 Å². The fourth-order valence-corrected chi connectivity index (χ4v) is 5.35. The summed E-state index contributed by atoms with van der Waals surface area (Å²) in [7, 11) is 0.0850. The molecule has 0 amide bonds. The molecule has 6 nitrogen and oxygen atoms in total. The minimum absolute atomic E-state index is 0.238. The van der Waals surface area contributed by atoms with E-state index in [0.717, 1.165) is 42.9 Å². The molecule has 3 aromatic carbocycles. The molecule has 0 atom stereocenters. The summed E-state index contributed by atoms with van der Waals surface area (Å²) >= 11 is 6.48. The van der Waals surface area contributed by atoms with Gasteiger partial charge in [0.15, 0.2) is 0 Å². The molecule has 1 aliphatic heterocycles. The standard InChI is InChI=1S/C23H26ClN3O3S/c1-26(2)22-7-3-6-20-19(22)5-4-8-23(20)31(28,29)25-18-10-9-17(21(24)15-18)16-27-11-13-30-14-12-27/h3-10,15,25H,11-14,16H2,1-2H3. The van der Waals surface area contributed by atoms with Crippen LogP contribution in [0.25, 0.3) is 10.8 Å². The minimum atomic E-state index is -3.79. The molecule has 1 saturated heterocycles. The van der Waals surface area contributed by atoms with E-state index < -0.39 is 10.0 Å². The Morgan fingerprint density at radius 1 is 1.03 bits per heavy atom. The highest BCUT2D eigenvalue weighted by atomic mass is 35.5. The molecule has 8 heteroatoms. The summed E-state index contributed by atoms with van der Waals surface area (Å²) in [5, 5.41) is 2.10. The van der Waals surface area contributed by atoms with Crippen LogP contribution in [0.4, 0.5) is 11.4 Å². The smallest absolute Gasteiger partial charge is 0.262 e. The van der Waals surface area contributed by atoms with Crippen LogP contribution in [0, 0.1) is 0 Å². The van der Waals surface area contributed by atoms with Crippen LogP contribution in [0.15, 0.2) is 59.5 Å². The van der Waals surface area contributed by atoms with E-state index in [1.807, 2.05) is 49.3 Å². The normalized spacial score (nSPS) is 15.2. The molecule has 1 fully saturated rings. The van der Waals surface area contributed by atoms with Gasteiger partial charge in [-0.15, -0.1) is 0 Å². The largest absolute Gasteiger partial charge is 0.379 e. The third-order valence-electron chi connectivity index (χ3n) is 5.43. The van der Waals surface area contributed by atoms with E-state index >= 15 is 0 Å². The number of fused-ring (bicyclic) bond motifs is 1. The predicted molar refractivity (Wildman–Crippen MR) is 127 cm³/mol. The van der Waals surface area contributed by atoms with Gasteiger partial charge in [0.25, 0.3) is 10.0 Å². The van der Waals surface area contributed by atoms with Crippen molar-refractivity contribution in [3.05, 3.63) is 65.2 Å². The van der Waals surface area contributed by atoms with Crippen LogP contribution in [0.3, 0.4) is 0 Å². The molecule has 164 valence electrons. The summed E-state index contributed by atoms with van der Waals surface area (Å²) in [6, 6.07) is 16.3. The molecule has 0 unspecified atom stereocenters. The van der Waals surface area contributed by atoms with E-state index in [2.05, 4.69) is 9.62 Å². The molecule has 31 heavy (non-hydrogen) atoms. The van der Waals surface area contributed by atoms with Crippen molar-refractivity contribution < 1.29 is 13.2 Å². The number of hydrogen-bond acceptors (Lipinski definition) is 5. The average molecular weight is 460 g/mol. The summed E-state index contributed by atoms with van der Waals surface area (Å²) < 4.78 is 34.5. The Labute approximate surface area is 188 Å². The Morgan fingerprint density at radius 2 is 1.74 bits per heavy atom. The topological polar surface area (TPSA) is 61.9 Å². The number of anilines is 2. The SMILES string of the molecule is CN(C)c1cccc2c(S(=O)(=O)Nc3ccc(CN4CCOCC4)c(Cl)c3)cccc12. The molecular formula is C23H26ClN3O3S. The van der Waals surface area contributed by atoms with Crippen LogP contribution in [-0.2, 0) is 21.3 Å². The Hall–Kier alpha value is -2.32. The number of benzene rings is 3.